The Balaban J connectivity index is 2.10. The minimum atomic E-state index is -4.25. The standard InChI is InChI=1S/C14H15F3O3/c1-13(2)8-11(18)10-4-3-9(7-12(10)20-13)19-6-5-14(15,16)17/h3-4,7H,5-6,8H2,1-2H3. The average molecular weight is 288 g/mol. The molecule has 0 amide bonds. The highest BCUT2D eigenvalue weighted by Gasteiger charge is 2.32. The molecule has 1 aromatic rings. The summed E-state index contributed by atoms with van der Waals surface area (Å²) in [4.78, 5) is 11.9. The molecule has 0 N–H and O–H groups in total. The van der Waals surface area contributed by atoms with E-state index in [9.17, 15) is 18.0 Å². The number of carbonyl (C=O) groups is 1. The number of fused-ring (bicyclic) bond motifs is 1. The van der Waals surface area contributed by atoms with E-state index in [1.54, 1.807) is 13.8 Å². The van der Waals surface area contributed by atoms with E-state index in [2.05, 4.69) is 0 Å². The molecule has 0 spiro atoms. The van der Waals surface area contributed by atoms with Gasteiger partial charge >= 0.3 is 6.18 Å². The molecule has 20 heavy (non-hydrogen) atoms. The zero-order chi connectivity index (χ0) is 15.0. The Kier molecular flexibility index (Phi) is 3.67. The van der Waals surface area contributed by atoms with Crippen molar-refractivity contribution in [1.29, 1.82) is 0 Å². The molecule has 0 saturated carbocycles. The summed E-state index contributed by atoms with van der Waals surface area (Å²) in [5.41, 5.74) is -0.179. The van der Waals surface area contributed by atoms with Gasteiger partial charge in [-0.3, -0.25) is 4.79 Å². The lowest BCUT2D eigenvalue weighted by Gasteiger charge is -2.31. The van der Waals surface area contributed by atoms with Gasteiger partial charge in [0.05, 0.1) is 25.0 Å². The second-order valence-corrected chi connectivity index (χ2v) is 5.33. The van der Waals surface area contributed by atoms with Crippen molar-refractivity contribution < 1.29 is 27.4 Å². The van der Waals surface area contributed by atoms with Gasteiger partial charge in [0.15, 0.2) is 5.78 Å². The SMILES string of the molecule is CC1(C)CC(=O)c2ccc(OCCC(F)(F)F)cc2O1. The molecule has 1 aliphatic rings. The number of hydrogen-bond acceptors (Lipinski definition) is 3. The highest BCUT2D eigenvalue weighted by molar-refractivity contribution is 6.00. The summed E-state index contributed by atoms with van der Waals surface area (Å²) in [6, 6.07) is 4.47. The molecular formula is C14H15F3O3. The smallest absolute Gasteiger partial charge is 0.392 e. The van der Waals surface area contributed by atoms with E-state index in [0.29, 0.717) is 11.3 Å². The molecule has 0 aliphatic carbocycles. The molecule has 110 valence electrons. The van der Waals surface area contributed by atoms with Gasteiger partial charge in [-0.1, -0.05) is 0 Å². The van der Waals surface area contributed by atoms with Gasteiger partial charge in [-0.2, -0.15) is 13.2 Å². The molecule has 0 radical (unpaired) electrons. The number of hydrogen-bond donors (Lipinski definition) is 0. The molecule has 1 aliphatic heterocycles. The van der Waals surface area contributed by atoms with E-state index < -0.39 is 24.8 Å². The lowest BCUT2D eigenvalue weighted by molar-refractivity contribution is -0.139. The van der Waals surface area contributed by atoms with Crippen molar-refractivity contribution in [2.24, 2.45) is 0 Å². The zero-order valence-corrected chi connectivity index (χ0v) is 11.2. The van der Waals surface area contributed by atoms with Crippen molar-refractivity contribution in [1.82, 2.24) is 0 Å². The van der Waals surface area contributed by atoms with E-state index >= 15 is 0 Å². The predicted octanol–water partition coefficient (Wildman–Crippen LogP) is 3.76. The van der Waals surface area contributed by atoms with Crippen LogP contribution in [-0.2, 0) is 0 Å². The van der Waals surface area contributed by atoms with Crippen LogP contribution in [0.1, 0.15) is 37.0 Å². The molecule has 1 aromatic carbocycles. The Morgan fingerprint density at radius 2 is 2.05 bits per heavy atom. The Morgan fingerprint density at radius 3 is 2.70 bits per heavy atom. The largest absolute Gasteiger partial charge is 0.493 e. The molecule has 1 heterocycles. The summed E-state index contributed by atoms with van der Waals surface area (Å²) in [5.74, 6) is 0.576. The first-order chi connectivity index (χ1) is 9.16. The molecule has 3 nitrogen and oxygen atoms in total. The van der Waals surface area contributed by atoms with Crippen LogP contribution in [0, 0.1) is 0 Å². The van der Waals surface area contributed by atoms with Gasteiger partial charge in [0.25, 0.3) is 0 Å². The maximum atomic E-state index is 12.0. The monoisotopic (exact) mass is 288 g/mol. The van der Waals surface area contributed by atoms with Crippen LogP contribution < -0.4 is 9.47 Å². The first kappa shape index (κ1) is 14.7. The van der Waals surface area contributed by atoms with Crippen molar-refractivity contribution in [2.75, 3.05) is 6.61 Å². The van der Waals surface area contributed by atoms with Crippen molar-refractivity contribution in [3.05, 3.63) is 23.8 Å². The molecule has 0 unspecified atom stereocenters. The maximum Gasteiger partial charge on any atom is 0.392 e. The topological polar surface area (TPSA) is 35.5 Å². The lowest BCUT2D eigenvalue weighted by Crippen LogP contribution is -2.35. The highest BCUT2D eigenvalue weighted by Crippen LogP contribution is 2.35. The number of benzene rings is 1. The summed E-state index contributed by atoms with van der Waals surface area (Å²) in [7, 11) is 0. The van der Waals surface area contributed by atoms with E-state index in [-0.39, 0.29) is 18.0 Å². The molecule has 0 atom stereocenters. The van der Waals surface area contributed by atoms with Crippen molar-refractivity contribution in [3.63, 3.8) is 0 Å². The lowest BCUT2D eigenvalue weighted by atomic mass is 9.93. The minimum absolute atomic E-state index is 0.0434. The quantitative estimate of drug-likeness (QED) is 0.849. The second-order valence-electron chi connectivity index (χ2n) is 5.33. The summed E-state index contributed by atoms with van der Waals surface area (Å²) >= 11 is 0. The molecular weight excluding hydrogens is 273 g/mol. The fourth-order valence-electron chi connectivity index (χ4n) is 2.01. The number of ether oxygens (including phenoxy) is 2. The Bertz CT molecular complexity index is 521. The van der Waals surface area contributed by atoms with Gasteiger partial charge in [-0.15, -0.1) is 0 Å². The number of ketones is 1. The van der Waals surface area contributed by atoms with Crippen molar-refractivity contribution in [2.45, 2.75) is 38.5 Å². The van der Waals surface area contributed by atoms with Crippen LogP contribution in [0.15, 0.2) is 18.2 Å². The summed E-state index contributed by atoms with van der Waals surface area (Å²) in [5, 5.41) is 0. The van der Waals surface area contributed by atoms with Gasteiger partial charge in [-0.25, -0.2) is 0 Å². The number of alkyl halides is 3. The number of halogens is 3. The third-order valence-corrected chi connectivity index (χ3v) is 2.88. The Labute approximate surface area is 114 Å². The summed E-state index contributed by atoms with van der Waals surface area (Å²) < 4.78 is 46.8. The van der Waals surface area contributed by atoms with Crippen LogP contribution in [0.4, 0.5) is 13.2 Å². The third kappa shape index (κ3) is 3.65. The molecule has 2 rings (SSSR count). The fourth-order valence-corrected chi connectivity index (χ4v) is 2.01. The van der Waals surface area contributed by atoms with E-state index in [0.717, 1.165) is 0 Å². The van der Waals surface area contributed by atoms with E-state index in [1.807, 2.05) is 0 Å². The van der Waals surface area contributed by atoms with Gasteiger partial charge in [0.1, 0.15) is 17.1 Å². The Hall–Kier alpha value is -1.72. The van der Waals surface area contributed by atoms with Crippen molar-refractivity contribution >= 4 is 5.78 Å². The second kappa shape index (κ2) is 5.00. The van der Waals surface area contributed by atoms with Gasteiger partial charge < -0.3 is 9.47 Å². The van der Waals surface area contributed by atoms with Gasteiger partial charge in [0, 0.05) is 6.07 Å². The number of rotatable bonds is 3. The van der Waals surface area contributed by atoms with Gasteiger partial charge in [-0.05, 0) is 26.0 Å². The van der Waals surface area contributed by atoms with Gasteiger partial charge in [0.2, 0.25) is 0 Å². The predicted molar refractivity (Wildman–Crippen MR) is 66.3 cm³/mol. The fraction of sp³-hybridized carbons (Fsp3) is 0.500. The van der Waals surface area contributed by atoms with Crippen molar-refractivity contribution in [3.8, 4) is 11.5 Å². The summed E-state index contributed by atoms with van der Waals surface area (Å²) in [6.07, 6.45) is -4.99. The zero-order valence-electron chi connectivity index (χ0n) is 11.2. The van der Waals surface area contributed by atoms with E-state index in [1.165, 1.54) is 18.2 Å². The molecule has 0 bridgehead atoms. The van der Waals surface area contributed by atoms with Crippen LogP contribution in [0.5, 0.6) is 11.5 Å². The summed E-state index contributed by atoms with van der Waals surface area (Å²) in [6.45, 7) is 3.11. The van der Waals surface area contributed by atoms with Crippen LogP contribution in [0.3, 0.4) is 0 Å². The maximum absolute atomic E-state index is 12.0. The molecule has 0 fully saturated rings. The molecule has 0 aromatic heterocycles. The highest BCUT2D eigenvalue weighted by atomic mass is 19.4. The number of carbonyl (C=O) groups excluding carboxylic acids is 1. The normalized spacial score (nSPS) is 17.4. The molecule has 0 saturated heterocycles. The minimum Gasteiger partial charge on any atom is -0.493 e. The van der Waals surface area contributed by atoms with Crippen LogP contribution in [0.25, 0.3) is 0 Å². The first-order valence-electron chi connectivity index (χ1n) is 6.22. The number of Topliss-reactive ketones (excluding diaryl/α,β-unsaturated/α-hetero) is 1. The average Bonchev–Trinajstić information content (AvgIpc) is 2.24. The van der Waals surface area contributed by atoms with Crippen LogP contribution in [-0.4, -0.2) is 24.2 Å². The Morgan fingerprint density at radius 1 is 1.35 bits per heavy atom. The first-order valence-corrected chi connectivity index (χ1v) is 6.22. The van der Waals surface area contributed by atoms with Crippen LogP contribution in [0.2, 0.25) is 0 Å². The third-order valence-electron chi connectivity index (χ3n) is 2.88. The van der Waals surface area contributed by atoms with E-state index in [4.69, 9.17) is 9.47 Å². The molecule has 6 heteroatoms. The van der Waals surface area contributed by atoms with Crippen LogP contribution >= 0.6 is 0 Å².